The topological polar surface area (TPSA) is 113 Å². The second-order valence-electron chi connectivity index (χ2n) is 10.3. The number of hydrogen-bond acceptors (Lipinski definition) is 6. The molecule has 0 radical (unpaired) electrons. The monoisotopic (exact) mass is 511 g/mol. The van der Waals surface area contributed by atoms with Gasteiger partial charge in [0.15, 0.2) is 0 Å². The molecule has 1 aromatic heterocycles. The first-order valence-corrected chi connectivity index (χ1v) is 13.2. The second-order valence-corrected chi connectivity index (χ2v) is 10.3. The van der Waals surface area contributed by atoms with Gasteiger partial charge in [-0.2, -0.15) is 5.10 Å². The summed E-state index contributed by atoms with van der Waals surface area (Å²) in [7, 11) is 0. The molecule has 3 aliphatic rings. The third kappa shape index (κ3) is 4.49. The number of aromatic nitrogens is 2. The summed E-state index contributed by atoms with van der Waals surface area (Å²) in [5.41, 5.74) is 3.68. The van der Waals surface area contributed by atoms with Crippen LogP contribution in [0.3, 0.4) is 0 Å². The molecule has 0 bridgehead atoms. The molecule has 4 amide bonds. The van der Waals surface area contributed by atoms with Crippen LogP contribution in [0.5, 0.6) is 0 Å². The lowest BCUT2D eigenvalue weighted by Crippen LogP contribution is -2.54. The van der Waals surface area contributed by atoms with Crippen LogP contribution in [0, 0.1) is 5.92 Å². The molecule has 1 saturated heterocycles. The number of hydrogen-bond donors (Lipinski definition) is 2. The van der Waals surface area contributed by atoms with E-state index >= 15 is 0 Å². The Morgan fingerprint density at radius 2 is 1.74 bits per heavy atom. The number of amides is 4. The number of piperidine rings is 1. The fourth-order valence-corrected chi connectivity index (χ4v) is 5.67. The molecule has 2 aliphatic heterocycles. The van der Waals surface area contributed by atoms with Crippen molar-refractivity contribution in [1.29, 1.82) is 0 Å². The number of benzene rings is 2. The van der Waals surface area contributed by atoms with Crippen LogP contribution in [-0.4, -0.2) is 50.9 Å². The van der Waals surface area contributed by atoms with Crippen molar-refractivity contribution in [3.8, 4) is 11.1 Å². The van der Waals surface area contributed by atoms with E-state index in [1.165, 1.54) is 5.56 Å². The minimum absolute atomic E-state index is 0.106. The van der Waals surface area contributed by atoms with Gasteiger partial charge in [-0.1, -0.05) is 30.3 Å². The lowest BCUT2D eigenvalue weighted by Gasteiger charge is -2.35. The van der Waals surface area contributed by atoms with Crippen molar-refractivity contribution in [3.05, 3.63) is 72.1 Å². The minimum atomic E-state index is -0.950. The van der Waals surface area contributed by atoms with Gasteiger partial charge >= 0.3 is 0 Å². The van der Waals surface area contributed by atoms with Crippen LogP contribution in [0.1, 0.15) is 65.3 Å². The van der Waals surface area contributed by atoms with E-state index in [1.807, 2.05) is 24.4 Å². The van der Waals surface area contributed by atoms with Crippen LogP contribution in [0.4, 0.5) is 5.69 Å². The summed E-state index contributed by atoms with van der Waals surface area (Å²) in [4.78, 5) is 50.5. The first-order valence-electron chi connectivity index (χ1n) is 13.2. The van der Waals surface area contributed by atoms with Crippen LogP contribution >= 0.6 is 0 Å². The number of carbonyl (C=O) groups excluding carboxylic acids is 4. The number of carbonyl (C=O) groups is 4. The fourth-order valence-electron chi connectivity index (χ4n) is 5.67. The van der Waals surface area contributed by atoms with Crippen molar-refractivity contribution >= 4 is 29.3 Å². The fraction of sp³-hybridized carbons (Fsp3) is 0.345. The summed E-state index contributed by atoms with van der Waals surface area (Å²) in [6.45, 7) is 0.763. The van der Waals surface area contributed by atoms with E-state index in [1.54, 1.807) is 18.2 Å². The molecule has 6 rings (SSSR count). The number of nitrogens with one attached hydrogen (secondary N) is 2. The maximum absolute atomic E-state index is 13.0. The molecule has 194 valence electrons. The molecule has 1 aliphatic carbocycles. The Morgan fingerprint density at radius 1 is 0.947 bits per heavy atom. The first-order chi connectivity index (χ1) is 18.5. The maximum Gasteiger partial charge on any atom is 0.262 e. The largest absolute Gasteiger partial charge is 0.385 e. The lowest BCUT2D eigenvalue weighted by atomic mass is 9.77. The number of fused-ring (bicyclic) bond motifs is 1. The quantitative estimate of drug-likeness (QED) is 0.351. The molecule has 1 saturated carbocycles. The first kappa shape index (κ1) is 24.1. The molecule has 2 aromatic carbocycles. The van der Waals surface area contributed by atoms with E-state index in [2.05, 4.69) is 38.7 Å². The van der Waals surface area contributed by atoms with Crippen molar-refractivity contribution in [2.75, 3.05) is 11.9 Å². The average Bonchev–Trinajstić information content (AvgIpc) is 3.47. The Balaban J connectivity index is 0.976. The van der Waals surface area contributed by atoms with Gasteiger partial charge in [0.05, 0.1) is 23.4 Å². The van der Waals surface area contributed by atoms with Gasteiger partial charge in [0.25, 0.3) is 11.8 Å². The number of nitrogens with zero attached hydrogens (tertiary/aromatic N) is 3. The molecule has 1 unspecified atom stereocenters. The normalized spacial score (nSPS) is 22.7. The zero-order chi connectivity index (χ0) is 26.2. The highest BCUT2D eigenvalue weighted by molar-refractivity contribution is 6.23. The summed E-state index contributed by atoms with van der Waals surface area (Å²) in [5.74, 6) is -1.29. The molecule has 2 N–H and O–H groups in total. The molecular formula is C29H29N5O4. The highest BCUT2D eigenvalue weighted by Crippen LogP contribution is 2.40. The summed E-state index contributed by atoms with van der Waals surface area (Å²) in [6.07, 6.45) is 8.70. The van der Waals surface area contributed by atoms with E-state index in [0.717, 1.165) is 48.4 Å². The third-order valence-electron chi connectivity index (χ3n) is 7.85. The zero-order valence-corrected chi connectivity index (χ0v) is 20.9. The van der Waals surface area contributed by atoms with Gasteiger partial charge < -0.3 is 5.32 Å². The van der Waals surface area contributed by atoms with Crippen molar-refractivity contribution in [2.24, 2.45) is 5.92 Å². The smallest absolute Gasteiger partial charge is 0.262 e. The van der Waals surface area contributed by atoms with Crippen LogP contribution in [0.25, 0.3) is 11.1 Å². The van der Waals surface area contributed by atoms with Gasteiger partial charge in [0.1, 0.15) is 6.04 Å². The van der Waals surface area contributed by atoms with Gasteiger partial charge in [-0.3, -0.25) is 34.1 Å². The highest BCUT2D eigenvalue weighted by Gasteiger charge is 2.44. The Bertz CT molecular complexity index is 1410. The van der Waals surface area contributed by atoms with Gasteiger partial charge in [0, 0.05) is 30.4 Å². The van der Waals surface area contributed by atoms with Crippen molar-refractivity contribution < 1.29 is 19.2 Å². The average molecular weight is 512 g/mol. The Morgan fingerprint density at radius 3 is 2.53 bits per heavy atom. The summed E-state index contributed by atoms with van der Waals surface area (Å²) >= 11 is 0. The molecular weight excluding hydrogens is 482 g/mol. The molecule has 9 nitrogen and oxygen atoms in total. The van der Waals surface area contributed by atoms with Gasteiger partial charge in [-0.15, -0.1) is 0 Å². The van der Waals surface area contributed by atoms with E-state index < -0.39 is 23.8 Å². The van der Waals surface area contributed by atoms with Crippen molar-refractivity contribution in [2.45, 2.75) is 50.6 Å². The third-order valence-corrected chi connectivity index (χ3v) is 7.85. The SMILES string of the molecule is O=C1CCC(N2C(=O)c3ccc(NCCC[C@H]4C[C@H](n5cc(-c6ccccc6)cn5)C4)cc3C2=O)C(=O)N1. The lowest BCUT2D eigenvalue weighted by molar-refractivity contribution is -0.136. The van der Waals surface area contributed by atoms with E-state index in [0.29, 0.717) is 23.1 Å². The predicted molar refractivity (Wildman–Crippen MR) is 140 cm³/mol. The van der Waals surface area contributed by atoms with E-state index in [9.17, 15) is 19.2 Å². The number of imide groups is 2. The van der Waals surface area contributed by atoms with Crippen molar-refractivity contribution in [3.63, 3.8) is 0 Å². The van der Waals surface area contributed by atoms with Gasteiger partial charge in [-0.05, 0) is 61.8 Å². The van der Waals surface area contributed by atoms with E-state index in [-0.39, 0.29) is 18.7 Å². The second kappa shape index (κ2) is 9.89. The van der Waals surface area contributed by atoms with Crippen LogP contribution in [0.15, 0.2) is 60.9 Å². The Labute approximate surface area is 220 Å². The molecule has 3 heterocycles. The number of anilines is 1. The Hall–Kier alpha value is -4.27. The Kier molecular flexibility index (Phi) is 6.27. The summed E-state index contributed by atoms with van der Waals surface area (Å²) in [5, 5.41) is 10.2. The number of rotatable bonds is 8. The molecule has 2 fully saturated rings. The highest BCUT2D eigenvalue weighted by atomic mass is 16.2. The molecule has 9 heteroatoms. The van der Waals surface area contributed by atoms with Gasteiger partial charge in [0.2, 0.25) is 11.8 Å². The van der Waals surface area contributed by atoms with Crippen molar-refractivity contribution in [1.82, 2.24) is 20.0 Å². The van der Waals surface area contributed by atoms with Crippen LogP contribution < -0.4 is 10.6 Å². The molecule has 3 aromatic rings. The zero-order valence-electron chi connectivity index (χ0n) is 20.9. The van der Waals surface area contributed by atoms with Gasteiger partial charge in [-0.25, -0.2) is 0 Å². The van der Waals surface area contributed by atoms with E-state index in [4.69, 9.17) is 0 Å². The minimum Gasteiger partial charge on any atom is -0.385 e. The molecule has 0 spiro atoms. The standard InChI is InChI=1S/C29H29N5O4/c35-26-11-10-25(27(36)32-26)34-28(37)23-9-8-21(15-24(23)29(34)38)30-12-4-5-18-13-22(14-18)33-17-20(16-31-33)19-6-2-1-3-7-19/h1-3,6-9,15-18,22,25,30H,4-5,10-14H2,(H,32,35,36)/t18-,22-,25?. The summed E-state index contributed by atoms with van der Waals surface area (Å²) < 4.78 is 2.10. The van der Waals surface area contributed by atoms with Crippen LogP contribution in [-0.2, 0) is 9.59 Å². The summed E-state index contributed by atoms with van der Waals surface area (Å²) in [6, 6.07) is 14.9. The predicted octanol–water partition coefficient (Wildman–Crippen LogP) is 3.79. The maximum atomic E-state index is 13.0. The molecule has 38 heavy (non-hydrogen) atoms. The molecule has 1 atom stereocenters. The van der Waals surface area contributed by atoms with Crippen LogP contribution in [0.2, 0.25) is 0 Å².